The number of benzene rings is 2. The van der Waals surface area contributed by atoms with Gasteiger partial charge < -0.3 is 15.1 Å². The maximum atomic E-state index is 11.8. The van der Waals surface area contributed by atoms with Gasteiger partial charge >= 0.3 is 0 Å². The molecule has 1 atom stereocenters. The Hall–Kier alpha value is -3.03. The number of rotatable bonds is 5. The second kappa shape index (κ2) is 8.14. The van der Waals surface area contributed by atoms with Gasteiger partial charge in [-0.15, -0.1) is 0 Å². The molecular formula is C22H24N4O3. The smallest absolute Gasteiger partial charge is 0.174 e. The van der Waals surface area contributed by atoms with Crippen molar-refractivity contribution in [1.29, 1.82) is 0 Å². The standard InChI is InChI=1S/C22H24N4O3/c1-15(27)20(29)14-25-10-12-26(13-11-25)22-16-6-2-4-8-18(16)23-21(24-22)17-7-3-5-9-19(17)28/h2-9,15,27-28H,10-14H2,1H3/t15-/m0/s1. The number of para-hydroxylation sites is 2. The highest BCUT2D eigenvalue weighted by Gasteiger charge is 2.23. The molecule has 1 saturated heterocycles. The molecule has 0 bridgehead atoms. The third-order valence-corrected chi connectivity index (χ3v) is 5.25. The predicted octanol–water partition coefficient (Wildman–Crippen LogP) is 2.07. The Kier molecular flexibility index (Phi) is 5.42. The van der Waals surface area contributed by atoms with Gasteiger partial charge in [0.25, 0.3) is 0 Å². The minimum Gasteiger partial charge on any atom is -0.507 e. The van der Waals surface area contributed by atoms with Gasteiger partial charge in [0.2, 0.25) is 0 Å². The normalized spacial score (nSPS) is 16.1. The van der Waals surface area contributed by atoms with Crippen LogP contribution in [0.2, 0.25) is 0 Å². The summed E-state index contributed by atoms with van der Waals surface area (Å²) in [6.45, 7) is 4.62. The zero-order valence-corrected chi connectivity index (χ0v) is 16.3. The zero-order valence-electron chi connectivity index (χ0n) is 16.3. The minimum atomic E-state index is -0.931. The Morgan fingerprint density at radius 2 is 1.72 bits per heavy atom. The van der Waals surface area contributed by atoms with Crippen LogP contribution in [0.3, 0.4) is 0 Å². The molecule has 0 aliphatic carbocycles. The van der Waals surface area contributed by atoms with Crippen LogP contribution in [0.25, 0.3) is 22.3 Å². The molecule has 1 fully saturated rings. The van der Waals surface area contributed by atoms with Crippen molar-refractivity contribution in [2.24, 2.45) is 0 Å². The molecule has 2 N–H and O–H groups in total. The van der Waals surface area contributed by atoms with E-state index in [9.17, 15) is 15.0 Å². The highest BCUT2D eigenvalue weighted by molar-refractivity contribution is 5.91. The minimum absolute atomic E-state index is 0.148. The molecule has 2 aromatic carbocycles. The van der Waals surface area contributed by atoms with E-state index in [2.05, 4.69) is 14.8 Å². The van der Waals surface area contributed by atoms with Crippen LogP contribution in [-0.4, -0.2) is 69.7 Å². The van der Waals surface area contributed by atoms with Crippen molar-refractivity contribution < 1.29 is 15.0 Å². The first-order chi connectivity index (χ1) is 14.0. The maximum absolute atomic E-state index is 11.8. The van der Waals surface area contributed by atoms with Gasteiger partial charge in [-0.1, -0.05) is 24.3 Å². The van der Waals surface area contributed by atoms with Crippen molar-refractivity contribution in [3.63, 3.8) is 0 Å². The molecule has 1 aliphatic heterocycles. The van der Waals surface area contributed by atoms with Crippen molar-refractivity contribution >= 4 is 22.5 Å². The number of hydrogen-bond acceptors (Lipinski definition) is 7. The molecule has 3 aromatic rings. The number of aliphatic hydroxyl groups is 1. The Balaban J connectivity index is 1.64. The number of carbonyl (C=O) groups is 1. The van der Waals surface area contributed by atoms with Crippen molar-refractivity contribution in [1.82, 2.24) is 14.9 Å². The maximum Gasteiger partial charge on any atom is 0.174 e. The molecule has 1 aromatic heterocycles. The second-order valence-electron chi connectivity index (χ2n) is 7.31. The summed E-state index contributed by atoms with van der Waals surface area (Å²) in [5.41, 5.74) is 1.42. The largest absolute Gasteiger partial charge is 0.507 e. The lowest BCUT2D eigenvalue weighted by molar-refractivity contribution is -0.127. The van der Waals surface area contributed by atoms with Crippen molar-refractivity contribution in [3.05, 3.63) is 48.5 Å². The molecule has 0 saturated carbocycles. The van der Waals surface area contributed by atoms with Gasteiger partial charge in [-0.25, -0.2) is 9.97 Å². The van der Waals surface area contributed by atoms with Crippen LogP contribution in [-0.2, 0) is 4.79 Å². The summed E-state index contributed by atoms with van der Waals surface area (Å²) in [7, 11) is 0. The van der Waals surface area contributed by atoms with Gasteiger partial charge in [0.1, 0.15) is 17.7 Å². The number of aromatic nitrogens is 2. The van der Waals surface area contributed by atoms with E-state index in [1.165, 1.54) is 6.92 Å². The highest BCUT2D eigenvalue weighted by atomic mass is 16.3. The van der Waals surface area contributed by atoms with E-state index in [0.717, 1.165) is 16.7 Å². The van der Waals surface area contributed by atoms with E-state index in [-0.39, 0.29) is 18.1 Å². The zero-order chi connectivity index (χ0) is 20.4. The molecule has 4 rings (SSSR count). The van der Waals surface area contributed by atoms with Crippen LogP contribution in [0.15, 0.2) is 48.5 Å². The first kappa shape index (κ1) is 19.3. The fourth-order valence-electron chi connectivity index (χ4n) is 3.55. The summed E-state index contributed by atoms with van der Waals surface area (Å²) in [6, 6.07) is 14.9. The molecule has 7 nitrogen and oxygen atoms in total. The summed E-state index contributed by atoms with van der Waals surface area (Å²) >= 11 is 0. The number of Topliss-reactive ketones (excluding diaryl/α,β-unsaturated/α-hetero) is 1. The number of fused-ring (bicyclic) bond motifs is 1. The third-order valence-electron chi connectivity index (χ3n) is 5.25. The number of piperazine rings is 1. The fourth-order valence-corrected chi connectivity index (χ4v) is 3.55. The van der Waals surface area contributed by atoms with E-state index < -0.39 is 6.10 Å². The van der Waals surface area contributed by atoms with Crippen LogP contribution in [0, 0.1) is 0 Å². The number of ketones is 1. The summed E-state index contributed by atoms with van der Waals surface area (Å²) < 4.78 is 0. The van der Waals surface area contributed by atoms with Crippen LogP contribution in [0.1, 0.15) is 6.92 Å². The third kappa shape index (κ3) is 4.06. The lowest BCUT2D eigenvalue weighted by Gasteiger charge is -2.35. The Bertz CT molecular complexity index is 1030. The van der Waals surface area contributed by atoms with Crippen LogP contribution < -0.4 is 4.90 Å². The monoisotopic (exact) mass is 392 g/mol. The van der Waals surface area contributed by atoms with Gasteiger partial charge in [-0.2, -0.15) is 0 Å². The average Bonchev–Trinajstić information content (AvgIpc) is 2.74. The molecule has 1 aliphatic rings. The van der Waals surface area contributed by atoms with E-state index in [1.54, 1.807) is 12.1 Å². The highest BCUT2D eigenvalue weighted by Crippen LogP contribution is 2.31. The second-order valence-corrected chi connectivity index (χ2v) is 7.31. The number of nitrogens with zero attached hydrogens (tertiary/aromatic N) is 4. The van der Waals surface area contributed by atoms with Crippen molar-refractivity contribution in [2.45, 2.75) is 13.0 Å². The lowest BCUT2D eigenvalue weighted by atomic mass is 10.1. The van der Waals surface area contributed by atoms with Crippen LogP contribution >= 0.6 is 0 Å². The van der Waals surface area contributed by atoms with Crippen molar-refractivity contribution in [3.8, 4) is 17.1 Å². The summed E-state index contributed by atoms with van der Waals surface area (Å²) in [5, 5.41) is 20.6. The summed E-state index contributed by atoms with van der Waals surface area (Å²) in [6.07, 6.45) is -0.931. The molecule has 0 amide bonds. The topological polar surface area (TPSA) is 89.8 Å². The lowest BCUT2D eigenvalue weighted by Crippen LogP contribution is -2.49. The number of hydrogen-bond donors (Lipinski definition) is 2. The van der Waals surface area contributed by atoms with E-state index in [4.69, 9.17) is 4.98 Å². The number of aromatic hydroxyl groups is 1. The van der Waals surface area contributed by atoms with Gasteiger partial charge in [0.05, 0.1) is 17.6 Å². The molecule has 0 spiro atoms. The Morgan fingerprint density at radius 1 is 1.03 bits per heavy atom. The number of anilines is 1. The molecule has 29 heavy (non-hydrogen) atoms. The number of aliphatic hydroxyl groups excluding tert-OH is 1. The molecule has 150 valence electrons. The average molecular weight is 392 g/mol. The Morgan fingerprint density at radius 3 is 2.45 bits per heavy atom. The fraction of sp³-hybridized carbons (Fsp3) is 0.318. The SMILES string of the molecule is C[C@H](O)C(=O)CN1CCN(c2nc(-c3ccccc3O)nc3ccccc23)CC1. The Labute approximate surface area is 169 Å². The quantitative estimate of drug-likeness (QED) is 0.687. The molecule has 2 heterocycles. The molecule has 0 unspecified atom stereocenters. The number of phenols is 1. The van der Waals surface area contributed by atoms with Gasteiger partial charge in [0, 0.05) is 31.6 Å². The molecular weight excluding hydrogens is 368 g/mol. The van der Waals surface area contributed by atoms with Gasteiger partial charge in [-0.05, 0) is 31.2 Å². The molecule has 7 heteroatoms. The van der Waals surface area contributed by atoms with Crippen LogP contribution in [0.5, 0.6) is 5.75 Å². The molecule has 0 radical (unpaired) electrons. The van der Waals surface area contributed by atoms with Gasteiger partial charge in [-0.3, -0.25) is 9.69 Å². The van der Waals surface area contributed by atoms with E-state index in [1.807, 2.05) is 36.4 Å². The van der Waals surface area contributed by atoms with E-state index in [0.29, 0.717) is 37.6 Å². The number of carbonyl (C=O) groups excluding carboxylic acids is 1. The number of phenolic OH excluding ortho intramolecular Hbond substituents is 1. The first-order valence-corrected chi connectivity index (χ1v) is 9.76. The van der Waals surface area contributed by atoms with Crippen LogP contribution in [0.4, 0.5) is 5.82 Å². The van der Waals surface area contributed by atoms with E-state index >= 15 is 0 Å². The summed E-state index contributed by atoms with van der Waals surface area (Å²) in [5.74, 6) is 1.31. The predicted molar refractivity (Wildman–Crippen MR) is 112 cm³/mol. The van der Waals surface area contributed by atoms with Crippen molar-refractivity contribution in [2.75, 3.05) is 37.6 Å². The first-order valence-electron chi connectivity index (χ1n) is 9.76. The van der Waals surface area contributed by atoms with Gasteiger partial charge in [0.15, 0.2) is 11.6 Å². The summed E-state index contributed by atoms with van der Waals surface area (Å²) in [4.78, 5) is 25.5.